The van der Waals surface area contributed by atoms with Crippen molar-refractivity contribution in [2.24, 2.45) is 0 Å². The Bertz CT molecular complexity index is 875. The zero-order valence-corrected chi connectivity index (χ0v) is 15.6. The molecule has 1 atom stereocenters. The lowest BCUT2D eigenvalue weighted by Crippen LogP contribution is -2.32. The fraction of sp³-hybridized carbons (Fsp3) is 0.211. The van der Waals surface area contributed by atoms with Crippen LogP contribution in [0.2, 0.25) is 5.02 Å². The number of rotatable bonds is 7. The number of ether oxygens (including phenoxy) is 1. The Morgan fingerprint density at radius 1 is 1.11 bits per heavy atom. The fourth-order valence-electron chi connectivity index (χ4n) is 2.12. The molecule has 28 heavy (non-hydrogen) atoms. The van der Waals surface area contributed by atoms with Crippen molar-refractivity contribution in [1.82, 2.24) is 5.32 Å². The summed E-state index contributed by atoms with van der Waals surface area (Å²) < 4.78 is 31.6. The number of amides is 2. The number of nitrogens with one attached hydrogen (secondary N) is 2. The predicted molar refractivity (Wildman–Crippen MR) is 98.9 cm³/mol. The Labute approximate surface area is 164 Å². The molecule has 2 N–H and O–H groups in total. The minimum atomic E-state index is -1.23. The zero-order valence-electron chi connectivity index (χ0n) is 14.8. The van der Waals surface area contributed by atoms with E-state index in [-0.39, 0.29) is 18.7 Å². The van der Waals surface area contributed by atoms with E-state index in [0.29, 0.717) is 10.6 Å². The van der Waals surface area contributed by atoms with Gasteiger partial charge in [0.2, 0.25) is 0 Å². The van der Waals surface area contributed by atoms with Gasteiger partial charge < -0.3 is 15.4 Å². The molecule has 0 spiro atoms. The monoisotopic (exact) mass is 410 g/mol. The molecular formula is C19H17ClF2N2O4. The van der Waals surface area contributed by atoms with Gasteiger partial charge >= 0.3 is 5.97 Å². The Hall–Kier alpha value is -3.00. The van der Waals surface area contributed by atoms with E-state index in [4.69, 9.17) is 16.3 Å². The maximum absolute atomic E-state index is 13.5. The number of hydrogen-bond donors (Lipinski definition) is 2. The zero-order chi connectivity index (χ0) is 20.7. The van der Waals surface area contributed by atoms with Crippen molar-refractivity contribution < 1.29 is 27.9 Å². The van der Waals surface area contributed by atoms with Crippen LogP contribution >= 0.6 is 11.6 Å². The predicted octanol–water partition coefficient (Wildman–Crippen LogP) is 3.31. The van der Waals surface area contributed by atoms with Crippen LogP contribution in [0, 0.1) is 11.6 Å². The molecule has 2 aromatic rings. The van der Waals surface area contributed by atoms with Crippen LogP contribution in [0.5, 0.6) is 0 Å². The third kappa shape index (κ3) is 6.31. The van der Waals surface area contributed by atoms with Crippen molar-refractivity contribution >= 4 is 35.1 Å². The molecule has 0 saturated heterocycles. The van der Waals surface area contributed by atoms with E-state index in [1.807, 2.05) is 0 Å². The van der Waals surface area contributed by atoms with Crippen LogP contribution in [0.3, 0.4) is 0 Å². The quantitative estimate of drug-likeness (QED) is 0.686. The maximum Gasteiger partial charge on any atom is 0.308 e. The summed E-state index contributed by atoms with van der Waals surface area (Å²) in [5.74, 6) is -3.49. The van der Waals surface area contributed by atoms with E-state index in [1.54, 1.807) is 12.1 Å². The first-order valence-electron chi connectivity index (χ1n) is 8.25. The summed E-state index contributed by atoms with van der Waals surface area (Å²) in [7, 11) is 0. The van der Waals surface area contributed by atoms with Crippen molar-refractivity contribution in [2.75, 3.05) is 11.9 Å². The second-order valence-corrected chi connectivity index (χ2v) is 6.19. The molecule has 9 heteroatoms. The lowest BCUT2D eigenvalue weighted by Gasteiger charge is -2.14. The minimum absolute atomic E-state index is 0.00679. The molecule has 0 aliphatic heterocycles. The summed E-state index contributed by atoms with van der Waals surface area (Å²) in [6.45, 7) is 1.28. The lowest BCUT2D eigenvalue weighted by atomic mass is 10.2. The summed E-state index contributed by atoms with van der Waals surface area (Å²) >= 11 is 5.74. The molecule has 0 bridgehead atoms. The smallest absolute Gasteiger partial charge is 0.308 e. The van der Waals surface area contributed by atoms with Gasteiger partial charge in [-0.1, -0.05) is 11.6 Å². The first-order chi connectivity index (χ1) is 13.3. The second kappa shape index (κ2) is 9.80. The van der Waals surface area contributed by atoms with Crippen molar-refractivity contribution in [2.45, 2.75) is 19.4 Å². The van der Waals surface area contributed by atoms with Gasteiger partial charge in [-0.25, -0.2) is 8.78 Å². The van der Waals surface area contributed by atoms with Crippen LogP contribution in [0.4, 0.5) is 14.5 Å². The number of hydrogen-bond acceptors (Lipinski definition) is 4. The SMILES string of the molecule is C[C@@H](OC(=O)CCNC(=O)c1ccc(Cl)cc1)C(=O)Nc1cc(F)ccc1F. The lowest BCUT2D eigenvalue weighted by molar-refractivity contribution is -0.153. The summed E-state index contributed by atoms with van der Waals surface area (Å²) in [6.07, 6.45) is -1.41. The summed E-state index contributed by atoms with van der Waals surface area (Å²) in [4.78, 5) is 35.6. The van der Waals surface area contributed by atoms with Gasteiger partial charge in [0.25, 0.3) is 11.8 Å². The average Bonchev–Trinajstić information content (AvgIpc) is 2.65. The third-order valence-electron chi connectivity index (χ3n) is 3.58. The van der Waals surface area contributed by atoms with Gasteiger partial charge in [0.15, 0.2) is 6.10 Å². The van der Waals surface area contributed by atoms with Gasteiger partial charge in [-0.3, -0.25) is 14.4 Å². The molecule has 0 fully saturated rings. The van der Waals surface area contributed by atoms with Crippen molar-refractivity contribution in [3.8, 4) is 0 Å². The number of benzene rings is 2. The van der Waals surface area contributed by atoms with Crippen molar-refractivity contribution in [1.29, 1.82) is 0 Å². The van der Waals surface area contributed by atoms with E-state index in [9.17, 15) is 23.2 Å². The summed E-state index contributed by atoms with van der Waals surface area (Å²) in [5, 5.41) is 5.17. The third-order valence-corrected chi connectivity index (χ3v) is 3.84. The van der Waals surface area contributed by atoms with Crippen molar-refractivity contribution in [3.63, 3.8) is 0 Å². The normalized spacial score (nSPS) is 11.4. The van der Waals surface area contributed by atoms with Crippen LogP contribution in [-0.4, -0.2) is 30.4 Å². The maximum atomic E-state index is 13.5. The van der Waals surface area contributed by atoms with E-state index in [2.05, 4.69) is 10.6 Å². The van der Waals surface area contributed by atoms with Crippen LogP contribution in [0.25, 0.3) is 0 Å². The minimum Gasteiger partial charge on any atom is -0.452 e. The molecule has 2 aromatic carbocycles. The van der Waals surface area contributed by atoms with Gasteiger partial charge in [0.05, 0.1) is 12.1 Å². The highest BCUT2D eigenvalue weighted by Gasteiger charge is 2.19. The Morgan fingerprint density at radius 3 is 2.46 bits per heavy atom. The number of carbonyl (C=O) groups excluding carboxylic acids is 3. The first-order valence-corrected chi connectivity index (χ1v) is 8.63. The molecular weight excluding hydrogens is 394 g/mol. The highest BCUT2D eigenvalue weighted by atomic mass is 35.5. The van der Waals surface area contributed by atoms with Crippen LogP contribution in [-0.2, 0) is 14.3 Å². The van der Waals surface area contributed by atoms with E-state index >= 15 is 0 Å². The highest BCUT2D eigenvalue weighted by molar-refractivity contribution is 6.30. The standard InChI is InChI=1S/C19H17ClF2N2O4/c1-11(18(26)24-16-10-14(21)6-7-15(16)22)28-17(25)8-9-23-19(27)12-2-4-13(20)5-3-12/h2-7,10-11H,8-9H2,1H3,(H,23,27)(H,24,26)/t11-/m1/s1. The van der Waals surface area contributed by atoms with Gasteiger partial charge in [-0.15, -0.1) is 0 Å². The van der Waals surface area contributed by atoms with Crippen LogP contribution < -0.4 is 10.6 Å². The molecule has 0 radical (unpaired) electrons. The largest absolute Gasteiger partial charge is 0.452 e. The Morgan fingerprint density at radius 2 is 1.79 bits per heavy atom. The molecule has 0 aliphatic carbocycles. The fourth-order valence-corrected chi connectivity index (χ4v) is 2.24. The Kier molecular flexibility index (Phi) is 7.45. The number of esters is 1. The average molecular weight is 411 g/mol. The molecule has 0 unspecified atom stereocenters. The van der Waals surface area contributed by atoms with Gasteiger partial charge in [0, 0.05) is 23.2 Å². The van der Waals surface area contributed by atoms with Gasteiger partial charge in [-0.05, 0) is 43.3 Å². The molecule has 2 amide bonds. The number of anilines is 1. The van der Waals surface area contributed by atoms with Crippen LogP contribution in [0.1, 0.15) is 23.7 Å². The molecule has 148 valence electrons. The summed E-state index contributed by atoms with van der Waals surface area (Å²) in [6, 6.07) is 8.78. The second-order valence-electron chi connectivity index (χ2n) is 5.76. The van der Waals surface area contributed by atoms with E-state index < -0.39 is 35.5 Å². The number of halogens is 3. The number of carbonyl (C=O) groups is 3. The van der Waals surface area contributed by atoms with E-state index in [1.165, 1.54) is 19.1 Å². The molecule has 2 rings (SSSR count). The molecule has 0 saturated carbocycles. The highest BCUT2D eigenvalue weighted by Crippen LogP contribution is 2.16. The van der Waals surface area contributed by atoms with Crippen molar-refractivity contribution in [3.05, 3.63) is 64.7 Å². The van der Waals surface area contributed by atoms with Gasteiger partial charge in [0.1, 0.15) is 11.6 Å². The molecule has 0 aromatic heterocycles. The van der Waals surface area contributed by atoms with E-state index in [0.717, 1.165) is 18.2 Å². The van der Waals surface area contributed by atoms with Gasteiger partial charge in [-0.2, -0.15) is 0 Å². The molecule has 0 heterocycles. The molecule has 6 nitrogen and oxygen atoms in total. The topological polar surface area (TPSA) is 84.5 Å². The first kappa shape index (κ1) is 21.3. The Balaban J connectivity index is 1.77. The van der Waals surface area contributed by atoms with Crippen LogP contribution in [0.15, 0.2) is 42.5 Å². The molecule has 0 aliphatic rings. The summed E-state index contributed by atoms with van der Waals surface area (Å²) in [5.41, 5.74) is 0.0192.